The van der Waals surface area contributed by atoms with Gasteiger partial charge in [-0.25, -0.2) is 0 Å². The molecule has 5 aromatic carbocycles. The first-order chi connectivity index (χ1) is 19.0. The average molecular weight is 523 g/mol. The van der Waals surface area contributed by atoms with Crippen molar-refractivity contribution in [2.75, 3.05) is 0 Å². The summed E-state index contributed by atoms with van der Waals surface area (Å²) in [6.07, 6.45) is 0. The molecular weight excluding hydrogens is 492 g/mol. The van der Waals surface area contributed by atoms with E-state index in [1.165, 1.54) is 0 Å². The molecule has 0 atom stereocenters. The third-order valence-corrected chi connectivity index (χ3v) is 7.59. The van der Waals surface area contributed by atoms with Gasteiger partial charge in [0.2, 0.25) is 0 Å². The van der Waals surface area contributed by atoms with E-state index in [2.05, 4.69) is 77.9 Å². The van der Waals surface area contributed by atoms with Gasteiger partial charge in [-0.1, -0.05) is 102 Å². The van der Waals surface area contributed by atoms with Crippen LogP contribution in [0, 0.1) is 22.7 Å². The van der Waals surface area contributed by atoms with Crippen LogP contribution in [0.25, 0.3) is 54.6 Å². The molecule has 6 aromatic rings. The Hall–Kier alpha value is -4.80. The molecule has 6 rings (SSSR count). The van der Waals surface area contributed by atoms with Crippen molar-refractivity contribution in [2.45, 2.75) is 52.4 Å². The molecule has 0 radical (unpaired) electrons. The van der Waals surface area contributed by atoms with E-state index in [1.54, 1.807) is 0 Å². The largest absolute Gasteiger partial charge is 0.451 e. The van der Waals surface area contributed by atoms with Crippen LogP contribution < -0.4 is 0 Å². The van der Waals surface area contributed by atoms with Crippen molar-refractivity contribution in [1.29, 1.82) is 10.5 Å². The van der Waals surface area contributed by atoms with Gasteiger partial charge in [-0.2, -0.15) is 10.5 Å². The first kappa shape index (κ1) is 25.5. The zero-order valence-electron chi connectivity index (χ0n) is 23.6. The zero-order chi connectivity index (χ0) is 28.4. The van der Waals surface area contributed by atoms with Gasteiger partial charge in [-0.15, -0.1) is 0 Å². The Balaban J connectivity index is 2.05. The van der Waals surface area contributed by atoms with Crippen LogP contribution in [0.5, 0.6) is 0 Å². The third kappa shape index (κ3) is 3.80. The molecule has 0 aliphatic rings. The molecule has 0 fully saturated rings. The van der Waals surface area contributed by atoms with E-state index >= 15 is 0 Å². The van der Waals surface area contributed by atoms with Crippen LogP contribution in [0.3, 0.4) is 0 Å². The molecule has 40 heavy (non-hydrogen) atoms. The fraction of sp³-hybridized carbons (Fsp3) is 0.222. The van der Waals surface area contributed by atoms with Gasteiger partial charge in [-0.3, -0.25) is 0 Å². The molecule has 0 unspecified atom stereocenters. The number of benzene rings is 5. The van der Waals surface area contributed by atoms with E-state index in [0.29, 0.717) is 22.3 Å². The first-order valence-electron chi connectivity index (χ1n) is 13.5. The summed E-state index contributed by atoms with van der Waals surface area (Å²) in [5, 5.41) is 27.3. The van der Waals surface area contributed by atoms with E-state index in [0.717, 1.165) is 43.4 Å². The van der Waals surface area contributed by atoms with Gasteiger partial charge in [0.1, 0.15) is 34.4 Å². The van der Waals surface area contributed by atoms with Crippen LogP contribution in [0.4, 0.5) is 0 Å². The van der Waals surface area contributed by atoms with Crippen LogP contribution in [0.1, 0.15) is 63.8 Å². The Bertz CT molecular complexity index is 1990. The maximum Gasteiger partial charge on any atom is 0.189 e. The van der Waals surface area contributed by atoms with Crippen molar-refractivity contribution < 1.29 is 8.83 Å². The van der Waals surface area contributed by atoms with Crippen molar-refractivity contribution >= 4 is 54.6 Å². The van der Waals surface area contributed by atoms with Crippen LogP contribution in [0.15, 0.2) is 81.6 Å². The Morgan fingerprint density at radius 1 is 0.525 bits per heavy atom. The highest BCUT2D eigenvalue weighted by Crippen LogP contribution is 2.44. The fourth-order valence-corrected chi connectivity index (χ4v) is 6.02. The summed E-state index contributed by atoms with van der Waals surface area (Å²) >= 11 is 0. The number of rotatable bonds is 0. The van der Waals surface area contributed by atoms with Crippen molar-refractivity contribution in [3.63, 3.8) is 0 Å². The highest BCUT2D eigenvalue weighted by Gasteiger charge is 2.35. The second-order valence-electron chi connectivity index (χ2n) is 12.4. The summed E-state index contributed by atoms with van der Waals surface area (Å²) in [6, 6.07) is 29.3. The van der Waals surface area contributed by atoms with Gasteiger partial charge in [0.15, 0.2) is 11.2 Å². The van der Waals surface area contributed by atoms with E-state index in [4.69, 9.17) is 8.83 Å². The fourth-order valence-electron chi connectivity index (χ4n) is 6.02. The third-order valence-electron chi connectivity index (χ3n) is 7.59. The Labute approximate surface area is 233 Å². The Morgan fingerprint density at radius 2 is 0.900 bits per heavy atom. The minimum Gasteiger partial charge on any atom is -0.451 e. The standard InChI is InChI=1S/C36H30N2O2/c1-35(2,3)31-25(19-37)33-34(26(20-38)32(31)36(4,5)6)40-28-18-16-22-12-8-10-14-24(22)30(28)29-23-13-9-7-11-21(23)15-17-27(29)39-33/h7-18H,1-6H3. The monoisotopic (exact) mass is 522 g/mol. The lowest BCUT2D eigenvalue weighted by atomic mass is 9.71. The summed E-state index contributed by atoms with van der Waals surface area (Å²) in [6.45, 7) is 12.4. The predicted molar refractivity (Wildman–Crippen MR) is 163 cm³/mol. The molecule has 1 aromatic heterocycles. The smallest absolute Gasteiger partial charge is 0.189 e. The Morgan fingerprint density at radius 3 is 1.25 bits per heavy atom. The summed E-state index contributed by atoms with van der Waals surface area (Å²) in [7, 11) is 0. The molecule has 0 aliphatic heterocycles. The minimum absolute atomic E-state index is 0.285. The second kappa shape index (κ2) is 8.87. The van der Waals surface area contributed by atoms with E-state index in [-0.39, 0.29) is 11.2 Å². The van der Waals surface area contributed by atoms with Gasteiger partial charge < -0.3 is 8.83 Å². The maximum absolute atomic E-state index is 10.6. The second-order valence-corrected chi connectivity index (χ2v) is 12.4. The topological polar surface area (TPSA) is 73.9 Å². The van der Waals surface area contributed by atoms with Gasteiger partial charge in [-0.05, 0) is 55.6 Å². The summed E-state index contributed by atoms with van der Waals surface area (Å²) in [5.41, 5.74) is 3.35. The molecule has 4 heteroatoms. The van der Waals surface area contributed by atoms with Crippen LogP contribution in [-0.4, -0.2) is 0 Å². The van der Waals surface area contributed by atoms with Gasteiger partial charge in [0, 0.05) is 10.8 Å². The molecule has 0 saturated heterocycles. The molecule has 0 bridgehead atoms. The molecule has 4 nitrogen and oxygen atoms in total. The van der Waals surface area contributed by atoms with E-state index in [1.807, 2.05) is 48.5 Å². The summed E-state index contributed by atoms with van der Waals surface area (Å²) in [5.74, 6) is 0. The van der Waals surface area contributed by atoms with Crippen molar-refractivity contribution in [1.82, 2.24) is 0 Å². The van der Waals surface area contributed by atoms with Gasteiger partial charge in [0.05, 0.1) is 0 Å². The van der Waals surface area contributed by atoms with Crippen LogP contribution in [0.2, 0.25) is 0 Å². The number of nitriles is 2. The van der Waals surface area contributed by atoms with Gasteiger partial charge in [0.25, 0.3) is 0 Å². The SMILES string of the molecule is CC(C)(C)c1c(C(C)(C)C)c(C#N)c2oc3ccc4ccccc4c3c3c(ccc4ccccc43)oc2c1C#N. The molecular formula is C36H30N2O2. The predicted octanol–water partition coefficient (Wildman–Crippen LogP) is 10.1. The lowest BCUT2D eigenvalue weighted by Crippen LogP contribution is -2.25. The minimum atomic E-state index is -0.430. The van der Waals surface area contributed by atoms with Crippen molar-refractivity contribution in [3.8, 4) is 12.1 Å². The highest BCUT2D eigenvalue weighted by molar-refractivity contribution is 6.24. The quantitative estimate of drug-likeness (QED) is 0.199. The lowest BCUT2D eigenvalue weighted by Gasteiger charge is -2.32. The molecule has 0 aliphatic carbocycles. The number of hydrogen-bond acceptors (Lipinski definition) is 4. The van der Waals surface area contributed by atoms with Crippen molar-refractivity contribution in [2.24, 2.45) is 0 Å². The average Bonchev–Trinajstić information content (AvgIpc) is 2.90. The van der Waals surface area contributed by atoms with Crippen molar-refractivity contribution in [3.05, 3.63) is 95.1 Å². The zero-order valence-corrected chi connectivity index (χ0v) is 23.6. The summed E-state index contributed by atoms with van der Waals surface area (Å²) in [4.78, 5) is 0. The van der Waals surface area contributed by atoms with Crippen LogP contribution >= 0.6 is 0 Å². The molecule has 196 valence electrons. The normalized spacial score (nSPS) is 12.2. The lowest BCUT2D eigenvalue weighted by molar-refractivity contribution is 0.523. The summed E-state index contributed by atoms with van der Waals surface area (Å²) < 4.78 is 13.5. The number of fused-ring (bicyclic) bond motifs is 8. The highest BCUT2D eigenvalue weighted by atomic mass is 16.4. The molecule has 0 N–H and O–H groups in total. The first-order valence-corrected chi connectivity index (χ1v) is 13.5. The van der Waals surface area contributed by atoms with E-state index < -0.39 is 10.8 Å². The number of hydrogen-bond donors (Lipinski definition) is 0. The molecule has 0 saturated carbocycles. The number of nitrogens with zero attached hydrogens (tertiary/aromatic N) is 2. The molecule has 1 heterocycles. The molecule has 0 spiro atoms. The van der Waals surface area contributed by atoms with E-state index in [9.17, 15) is 10.5 Å². The molecule has 0 amide bonds. The maximum atomic E-state index is 10.6. The Kier molecular flexibility index (Phi) is 5.65. The van der Waals surface area contributed by atoms with Crippen LogP contribution in [-0.2, 0) is 10.8 Å². The van der Waals surface area contributed by atoms with Gasteiger partial charge >= 0.3 is 0 Å².